The topological polar surface area (TPSA) is 87.6 Å². The number of nitrogens with one attached hydrogen (secondary N) is 2. The van der Waals surface area contributed by atoms with Crippen molar-refractivity contribution in [3.05, 3.63) is 95.4 Å². The van der Waals surface area contributed by atoms with Crippen molar-refractivity contribution >= 4 is 49.4 Å². The molecule has 0 saturated carbocycles. The summed E-state index contributed by atoms with van der Waals surface area (Å²) >= 11 is 1.14. The highest BCUT2D eigenvalue weighted by Gasteiger charge is 2.15. The number of amides is 1. The number of nitrogens with zero attached hydrogens (tertiary/aromatic N) is 1. The van der Waals surface area contributed by atoms with E-state index < -0.39 is 10.0 Å². The Labute approximate surface area is 184 Å². The van der Waals surface area contributed by atoms with E-state index in [1.165, 1.54) is 6.07 Å². The van der Waals surface area contributed by atoms with E-state index in [1.807, 2.05) is 49.4 Å². The molecule has 1 amide bonds. The van der Waals surface area contributed by atoms with E-state index in [0.29, 0.717) is 17.0 Å². The summed E-state index contributed by atoms with van der Waals surface area (Å²) in [6.07, 6.45) is 0. The number of anilines is 1. The van der Waals surface area contributed by atoms with Crippen LogP contribution >= 0.6 is 11.3 Å². The molecule has 0 unspecified atom stereocenters. The van der Waals surface area contributed by atoms with Gasteiger partial charge in [0.05, 0.1) is 5.71 Å². The lowest BCUT2D eigenvalue weighted by atomic mass is 10.0. The fourth-order valence-corrected chi connectivity index (χ4v) is 5.16. The first-order valence-corrected chi connectivity index (χ1v) is 11.8. The number of hydrogen-bond acceptors (Lipinski definition) is 5. The van der Waals surface area contributed by atoms with E-state index in [2.05, 4.69) is 15.2 Å². The molecule has 31 heavy (non-hydrogen) atoms. The number of hydrogen-bond donors (Lipinski definition) is 2. The summed E-state index contributed by atoms with van der Waals surface area (Å²) in [4.78, 5) is 12.5. The molecule has 0 aliphatic rings. The van der Waals surface area contributed by atoms with Crippen molar-refractivity contribution in [3.8, 4) is 0 Å². The van der Waals surface area contributed by atoms with Gasteiger partial charge in [0, 0.05) is 16.8 Å². The third kappa shape index (κ3) is 4.65. The number of fused-ring (bicyclic) bond motifs is 1. The fraction of sp³-hybridized carbons (Fsp3) is 0.0435. The standard InChI is InChI=1S/C23H19N3O3S2/c1-16(20-9-4-7-17-6-2-3-8-21(17)20)24-25-23(27)18-11-13-19(14-12-18)26-31(28,29)22-10-5-15-30-22/h2-15,26H,1H3,(H,25,27)/b24-16-. The summed E-state index contributed by atoms with van der Waals surface area (Å²) in [6, 6.07) is 23.3. The van der Waals surface area contributed by atoms with Crippen LogP contribution in [0.15, 0.2) is 93.6 Å². The second kappa shape index (κ2) is 8.71. The summed E-state index contributed by atoms with van der Waals surface area (Å²) in [6.45, 7) is 1.84. The highest BCUT2D eigenvalue weighted by molar-refractivity contribution is 7.94. The number of sulfonamides is 1. The molecule has 0 saturated heterocycles. The molecule has 0 fully saturated rings. The molecule has 6 nitrogen and oxygen atoms in total. The molecule has 0 radical (unpaired) electrons. The first-order chi connectivity index (χ1) is 14.9. The van der Waals surface area contributed by atoms with Gasteiger partial charge in [0.2, 0.25) is 0 Å². The Kier molecular flexibility index (Phi) is 5.83. The van der Waals surface area contributed by atoms with E-state index >= 15 is 0 Å². The maximum absolute atomic E-state index is 12.5. The molecule has 0 aliphatic carbocycles. The van der Waals surface area contributed by atoms with E-state index in [0.717, 1.165) is 27.7 Å². The second-order valence-electron chi connectivity index (χ2n) is 6.78. The number of carbonyl (C=O) groups excluding carboxylic acids is 1. The van der Waals surface area contributed by atoms with Gasteiger partial charge in [-0.25, -0.2) is 13.8 Å². The average molecular weight is 450 g/mol. The molecule has 1 aromatic heterocycles. The van der Waals surface area contributed by atoms with Crippen LogP contribution in [0.4, 0.5) is 5.69 Å². The zero-order valence-electron chi connectivity index (χ0n) is 16.6. The Balaban J connectivity index is 1.46. The quantitative estimate of drug-likeness (QED) is 0.326. The van der Waals surface area contributed by atoms with Crippen LogP contribution in [-0.4, -0.2) is 20.0 Å². The average Bonchev–Trinajstić information content (AvgIpc) is 3.33. The van der Waals surface area contributed by atoms with Gasteiger partial charge in [-0.15, -0.1) is 11.3 Å². The molecule has 4 aromatic rings. The van der Waals surface area contributed by atoms with E-state index in [4.69, 9.17) is 0 Å². The lowest BCUT2D eigenvalue weighted by Crippen LogP contribution is -2.19. The summed E-state index contributed by atoms with van der Waals surface area (Å²) < 4.78 is 27.3. The van der Waals surface area contributed by atoms with Gasteiger partial charge in [-0.05, 0) is 53.4 Å². The molecule has 156 valence electrons. The molecule has 8 heteroatoms. The summed E-state index contributed by atoms with van der Waals surface area (Å²) in [5, 5.41) is 8.10. The smallest absolute Gasteiger partial charge is 0.271 e. The zero-order valence-corrected chi connectivity index (χ0v) is 18.2. The van der Waals surface area contributed by atoms with Gasteiger partial charge < -0.3 is 0 Å². The van der Waals surface area contributed by atoms with E-state index in [-0.39, 0.29) is 10.1 Å². The molecular formula is C23H19N3O3S2. The van der Waals surface area contributed by atoms with Crippen molar-refractivity contribution in [3.63, 3.8) is 0 Å². The lowest BCUT2D eigenvalue weighted by molar-refractivity contribution is 0.0955. The molecule has 1 heterocycles. The Bertz CT molecular complexity index is 1360. The van der Waals surface area contributed by atoms with Gasteiger partial charge in [0.15, 0.2) is 0 Å². The third-order valence-electron chi connectivity index (χ3n) is 4.66. The lowest BCUT2D eigenvalue weighted by Gasteiger charge is -2.08. The van der Waals surface area contributed by atoms with Crippen molar-refractivity contribution in [2.24, 2.45) is 5.10 Å². The van der Waals surface area contributed by atoms with Gasteiger partial charge in [0.1, 0.15) is 4.21 Å². The summed E-state index contributed by atoms with van der Waals surface area (Å²) in [5.74, 6) is -0.382. The van der Waals surface area contributed by atoms with Crippen molar-refractivity contribution in [1.29, 1.82) is 0 Å². The number of benzene rings is 3. The van der Waals surface area contributed by atoms with Gasteiger partial charge in [-0.1, -0.05) is 48.5 Å². The monoisotopic (exact) mass is 449 g/mol. The van der Waals surface area contributed by atoms with Crippen molar-refractivity contribution in [2.45, 2.75) is 11.1 Å². The van der Waals surface area contributed by atoms with Crippen molar-refractivity contribution in [2.75, 3.05) is 4.72 Å². The normalized spacial score (nSPS) is 12.0. The van der Waals surface area contributed by atoms with Gasteiger partial charge >= 0.3 is 0 Å². The minimum absolute atomic E-state index is 0.229. The molecule has 0 atom stereocenters. The van der Waals surface area contributed by atoms with Crippen LogP contribution in [0, 0.1) is 0 Å². The highest BCUT2D eigenvalue weighted by atomic mass is 32.2. The highest BCUT2D eigenvalue weighted by Crippen LogP contribution is 2.21. The Morgan fingerprint density at radius 3 is 2.39 bits per heavy atom. The maximum atomic E-state index is 12.5. The molecule has 0 bridgehead atoms. The van der Waals surface area contributed by atoms with Crippen LogP contribution in [0.2, 0.25) is 0 Å². The Morgan fingerprint density at radius 2 is 1.65 bits per heavy atom. The molecule has 2 N–H and O–H groups in total. The minimum Gasteiger partial charge on any atom is -0.279 e. The number of rotatable bonds is 6. The van der Waals surface area contributed by atoms with Gasteiger partial charge in [-0.3, -0.25) is 9.52 Å². The first-order valence-electron chi connectivity index (χ1n) is 9.43. The van der Waals surface area contributed by atoms with Crippen molar-refractivity contribution in [1.82, 2.24) is 5.43 Å². The van der Waals surface area contributed by atoms with Crippen LogP contribution in [-0.2, 0) is 10.0 Å². The van der Waals surface area contributed by atoms with Crippen LogP contribution in [0.5, 0.6) is 0 Å². The Hall–Kier alpha value is -3.49. The number of hydrazone groups is 1. The third-order valence-corrected chi connectivity index (χ3v) is 7.44. The van der Waals surface area contributed by atoms with Crippen LogP contribution in [0.3, 0.4) is 0 Å². The number of thiophene rings is 1. The fourth-order valence-electron chi connectivity index (χ4n) is 3.11. The molecule has 4 rings (SSSR count). The molecule has 0 aliphatic heterocycles. The number of carbonyl (C=O) groups is 1. The van der Waals surface area contributed by atoms with Crippen molar-refractivity contribution < 1.29 is 13.2 Å². The summed E-state index contributed by atoms with van der Waals surface area (Å²) in [5.41, 5.74) is 4.94. The predicted molar refractivity (Wildman–Crippen MR) is 125 cm³/mol. The van der Waals surface area contributed by atoms with Crippen LogP contribution in [0.25, 0.3) is 10.8 Å². The minimum atomic E-state index is -3.63. The van der Waals surface area contributed by atoms with E-state index in [1.54, 1.807) is 35.7 Å². The van der Waals surface area contributed by atoms with Crippen LogP contribution < -0.4 is 10.1 Å². The van der Waals surface area contributed by atoms with Gasteiger partial charge in [-0.2, -0.15) is 5.10 Å². The van der Waals surface area contributed by atoms with E-state index in [9.17, 15) is 13.2 Å². The van der Waals surface area contributed by atoms with Crippen LogP contribution in [0.1, 0.15) is 22.8 Å². The first kappa shape index (κ1) is 20.8. The molecule has 0 spiro atoms. The van der Waals surface area contributed by atoms with Gasteiger partial charge in [0.25, 0.3) is 15.9 Å². The summed E-state index contributed by atoms with van der Waals surface area (Å²) in [7, 11) is -3.63. The zero-order chi connectivity index (χ0) is 21.8. The molecule has 3 aromatic carbocycles. The second-order valence-corrected chi connectivity index (χ2v) is 9.64. The Morgan fingerprint density at radius 1 is 0.903 bits per heavy atom. The largest absolute Gasteiger partial charge is 0.279 e. The predicted octanol–water partition coefficient (Wildman–Crippen LogP) is 4.86. The SMILES string of the molecule is C/C(=N/NC(=O)c1ccc(NS(=O)(=O)c2cccs2)cc1)c1cccc2ccccc12. The maximum Gasteiger partial charge on any atom is 0.271 e. The molecular weight excluding hydrogens is 430 g/mol.